The van der Waals surface area contributed by atoms with E-state index < -0.39 is 5.97 Å². The van der Waals surface area contributed by atoms with E-state index in [-0.39, 0.29) is 17.0 Å². The van der Waals surface area contributed by atoms with Crippen molar-refractivity contribution in [2.45, 2.75) is 26.4 Å². The van der Waals surface area contributed by atoms with Gasteiger partial charge < -0.3 is 15.3 Å². The largest absolute Gasteiger partial charge is 0.476 e. The van der Waals surface area contributed by atoms with Crippen LogP contribution in [0.2, 0.25) is 0 Å². The SMILES string of the molecule is CCN(C)C(=O)C(C)NCc1csc(C(=O)O)n1. The van der Waals surface area contributed by atoms with Gasteiger partial charge in [-0.3, -0.25) is 4.79 Å². The first-order valence-electron chi connectivity index (χ1n) is 5.61. The Morgan fingerprint density at radius 2 is 2.28 bits per heavy atom. The van der Waals surface area contributed by atoms with E-state index in [2.05, 4.69) is 10.3 Å². The molecular formula is C11H17N3O3S. The van der Waals surface area contributed by atoms with Gasteiger partial charge in [-0.1, -0.05) is 0 Å². The number of thiazole rings is 1. The highest BCUT2D eigenvalue weighted by atomic mass is 32.1. The van der Waals surface area contributed by atoms with Crippen LogP contribution in [-0.4, -0.2) is 46.5 Å². The molecule has 1 aromatic rings. The van der Waals surface area contributed by atoms with Gasteiger partial charge in [0.2, 0.25) is 10.9 Å². The molecule has 7 heteroatoms. The summed E-state index contributed by atoms with van der Waals surface area (Å²) in [4.78, 5) is 28.0. The van der Waals surface area contributed by atoms with Crippen molar-refractivity contribution in [3.63, 3.8) is 0 Å². The molecule has 1 atom stereocenters. The fraction of sp³-hybridized carbons (Fsp3) is 0.545. The van der Waals surface area contributed by atoms with Gasteiger partial charge in [-0.15, -0.1) is 11.3 Å². The summed E-state index contributed by atoms with van der Waals surface area (Å²) in [5.41, 5.74) is 0.635. The van der Waals surface area contributed by atoms with Crippen molar-refractivity contribution in [1.82, 2.24) is 15.2 Å². The maximum atomic E-state index is 11.8. The fourth-order valence-electron chi connectivity index (χ4n) is 1.32. The predicted octanol–water partition coefficient (Wildman–Crippen LogP) is 0.798. The van der Waals surface area contributed by atoms with E-state index in [1.165, 1.54) is 0 Å². The quantitative estimate of drug-likeness (QED) is 0.799. The third-order valence-electron chi connectivity index (χ3n) is 2.55. The Morgan fingerprint density at radius 3 is 2.78 bits per heavy atom. The standard InChI is InChI=1S/C11H17N3O3S/c1-4-14(3)10(15)7(2)12-5-8-6-18-9(13-8)11(16)17/h6-7,12H,4-5H2,1-3H3,(H,16,17). The molecule has 1 amide bonds. The predicted molar refractivity (Wildman–Crippen MR) is 68.7 cm³/mol. The number of amides is 1. The summed E-state index contributed by atoms with van der Waals surface area (Å²) in [7, 11) is 1.74. The summed E-state index contributed by atoms with van der Waals surface area (Å²) >= 11 is 1.08. The van der Waals surface area contributed by atoms with E-state index in [4.69, 9.17) is 5.11 Å². The van der Waals surface area contributed by atoms with Crippen LogP contribution in [0, 0.1) is 0 Å². The number of carboxylic acids is 1. The zero-order valence-corrected chi connectivity index (χ0v) is 11.5. The number of aromatic carboxylic acids is 1. The average Bonchev–Trinajstić information content (AvgIpc) is 2.82. The fourth-order valence-corrected chi connectivity index (χ4v) is 1.97. The topological polar surface area (TPSA) is 82.5 Å². The minimum absolute atomic E-state index is 0.00573. The van der Waals surface area contributed by atoms with Crippen LogP contribution >= 0.6 is 11.3 Å². The molecule has 0 aliphatic rings. The smallest absolute Gasteiger partial charge is 0.365 e. The van der Waals surface area contributed by atoms with E-state index in [1.54, 1.807) is 24.3 Å². The highest BCUT2D eigenvalue weighted by Crippen LogP contribution is 2.09. The van der Waals surface area contributed by atoms with Crippen molar-refractivity contribution in [1.29, 1.82) is 0 Å². The van der Waals surface area contributed by atoms with Crippen LogP contribution in [0.4, 0.5) is 0 Å². The van der Waals surface area contributed by atoms with Gasteiger partial charge in [-0.25, -0.2) is 9.78 Å². The summed E-state index contributed by atoms with van der Waals surface area (Å²) in [6.07, 6.45) is 0. The second kappa shape index (κ2) is 6.46. The molecule has 0 aliphatic heterocycles. The molecule has 0 radical (unpaired) electrons. The molecule has 2 N–H and O–H groups in total. The molecule has 0 bridgehead atoms. The molecule has 1 aromatic heterocycles. The van der Waals surface area contributed by atoms with Crippen LogP contribution < -0.4 is 5.32 Å². The first kappa shape index (κ1) is 14.6. The summed E-state index contributed by atoms with van der Waals surface area (Å²) in [6.45, 7) is 4.72. The van der Waals surface area contributed by atoms with Crippen LogP contribution in [0.15, 0.2) is 5.38 Å². The number of carboxylic acid groups (broad SMARTS) is 1. The molecule has 0 aliphatic carbocycles. The lowest BCUT2D eigenvalue weighted by molar-refractivity contribution is -0.131. The van der Waals surface area contributed by atoms with Gasteiger partial charge >= 0.3 is 5.97 Å². The van der Waals surface area contributed by atoms with Crippen LogP contribution in [0.3, 0.4) is 0 Å². The number of nitrogens with zero attached hydrogens (tertiary/aromatic N) is 2. The monoisotopic (exact) mass is 271 g/mol. The Hall–Kier alpha value is -1.47. The molecule has 0 fully saturated rings. The number of hydrogen-bond acceptors (Lipinski definition) is 5. The molecule has 0 aromatic carbocycles. The Morgan fingerprint density at radius 1 is 1.61 bits per heavy atom. The zero-order chi connectivity index (χ0) is 13.7. The van der Waals surface area contributed by atoms with Crippen molar-refractivity contribution in [2.75, 3.05) is 13.6 Å². The van der Waals surface area contributed by atoms with E-state index >= 15 is 0 Å². The molecule has 100 valence electrons. The lowest BCUT2D eigenvalue weighted by Gasteiger charge is -2.20. The number of aromatic nitrogens is 1. The molecule has 6 nitrogen and oxygen atoms in total. The third-order valence-corrected chi connectivity index (χ3v) is 3.42. The number of rotatable bonds is 6. The molecule has 1 rings (SSSR count). The summed E-state index contributed by atoms with van der Waals surface area (Å²) in [5, 5.41) is 13.5. The number of hydrogen-bond donors (Lipinski definition) is 2. The van der Waals surface area contributed by atoms with Crippen molar-refractivity contribution < 1.29 is 14.7 Å². The summed E-state index contributed by atoms with van der Waals surface area (Å²) < 4.78 is 0. The van der Waals surface area contributed by atoms with Gasteiger partial charge in [0, 0.05) is 25.5 Å². The molecule has 0 saturated heterocycles. The van der Waals surface area contributed by atoms with E-state index in [9.17, 15) is 9.59 Å². The molecule has 18 heavy (non-hydrogen) atoms. The first-order chi connectivity index (χ1) is 8.45. The van der Waals surface area contributed by atoms with E-state index in [1.807, 2.05) is 6.92 Å². The third kappa shape index (κ3) is 3.78. The molecule has 0 spiro atoms. The molecule has 1 unspecified atom stereocenters. The van der Waals surface area contributed by atoms with E-state index in [0.29, 0.717) is 18.8 Å². The highest BCUT2D eigenvalue weighted by Gasteiger charge is 2.16. The number of carbonyl (C=O) groups is 2. The van der Waals surface area contributed by atoms with Crippen molar-refractivity contribution >= 4 is 23.2 Å². The minimum atomic E-state index is -1.03. The van der Waals surface area contributed by atoms with Crippen LogP contribution in [0.25, 0.3) is 0 Å². The Balaban J connectivity index is 2.49. The van der Waals surface area contributed by atoms with Gasteiger partial charge in [0.05, 0.1) is 11.7 Å². The van der Waals surface area contributed by atoms with Gasteiger partial charge in [0.25, 0.3) is 0 Å². The normalized spacial score (nSPS) is 12.2. The van der Waals surface area contributed by atoms with Gasteiger partial charge in [-0.2, -0.15) is 0 Å². The Kier molecular flexibility index (Phi) is 5.24. The highest BCUT2D eigenvalue weighted by molar-refractivity contribution is 7.11. The molecule has 0 saturated carbocycles. The average molecular weight is 271 g/mol. The first-order valence-corrected chi connectivity index (χ1v) is 6.49. The van der Waals surface area contributed by atoms with Crippen LogP contribution in [0.1, 0.15) is 29.3 Å². The maximum Gasteiger partial charge on any atom is 0.365 e. The molecule has 1 heterocycles. The summed E-state index contributed by atoms with van der Waals surface area (Å²) in [5.74, 6) is -1.02. The van der Waals surface area contributed by atoms with Gasteiger partial charge in [0.15, 0.2) is 0 Å². The number of nitrogens with one attached hydrogen (secondary N) is 1. The zero-order valence-electron chi connectivity index (χ0n) is 10.6. The lowest BCUT2D eigenvalue weighted by Crippen LogP contribution is -2.42. The lowest BCUT2D eigenvalue weighted by atomic mass is 10.3. The summed E-state index contributed by atoms with van der Waals surface area (Å²) in [6, 6.07) is -0.315. The van der Waals surface area contributed by atoms with Gasteiger partial charge in [-0.05, 0) is 13.8 Å². The second-order valence-electron chi connectivity index (χ2n) is 3.90. The van der Waals surface area contributed by atoms with Gasteiger partial charge in [0.1, 0.15) is 0 Å². The number of carbonyl (C=O) groups excluding carboxylic acids is 1. The van der Waals surface area contributed by atoms with Crippen molar-refractivity contribution in [3.05, 3.63) is 16.1 Å². The second-order valence-corrected chi connectivity index (χ2v) is 4.76. The van der Waals surface area contributed by atoms with Crippen molar-refractivity contribution in [3.8, 4) is 0 Å². The Labute approximate surface area is 110 Å². The van der Waals surface area contributed by atoms with Crippen molar-refractivity contribution in [2.24, 2.45) is 0 Å². The number of likely N-dealkylation sites (N-methyl/N-ethyl adjacent to an activating group) is 1. The van der Waals surface area contributed by atoms with E-state index in [0.717, 1.165) is 11.3 Å². The maximum absolute atomic E-state index is 11.8. The van der Waals surface area contributed by atoms with Crippen LogP contribution in [0.5, 0.6) is 0 Å². The Bertz CT molecular complexity index is 433. The van der Waals surface area contributed by atoms with Crippen LogP contribution in [-0.2, 0) is 11.3 Å². The molecular weight excluding hydrogens is 254 g/mol. The minimum Gasteiger partial charge on any atom is -0.476 e.